The van der Waals surface area contributed by atoms with Gasteiger partial charge < -0.3 is 0 Å². The minimum absolute atomic E-state index is 0.0904. The highest BCUT2D eigenvalue weighted by atomic mass is 19.4. The molecule has 0 bridgehead atoms. The van der Waals surface area contributed by atoms with Crippen molar-refractivity contribution < 1.29 is 18.0 Å². The van der Waals surface area contributed by atoms with Crippen molar-refractivity contribution >= 4 is 5.78 Å². The Balaban J connectivity index is 1.72. The summed E-state index contributed by atoms with van der Waals surface area (Å²) in [7, 11) is 0. The Morgan fingerprint density at radius 3 is 2.06 bits per heavy atom. The standard InChI is InChI=1S/C13H19F3O/c14-13(15,16)11-6-4-10(5-7-11)12(17)8-3-9-1-2-9/h9-11H,1-8H2. The van der Waals surface area contributed by atoms with Crippen LogP contribution in [0.5, 0.6) is 0 Å². The van der Waals surface area contributed by atoms with Gasteiger partial charge in [0.2, 0.25) is 0 Å². The van der Waals surface area contributed by atoms with Crippen LogP contribution in [0.4, 0.5) is 13.2 Å². The van der Waals surface area contributed by atoms with Crippen LogP contribution in [0, 0.1) is 17.8 Å². The second kappa shape index (κ2) is 4.99. The van der Waals surface area contributed by atoms with E-state index >= 15 is 0 Å². The summed E-state index contributed by atoms with van der Waals surface area (Å²) >= 11 is 0. The van der Waals surface area contributed by atoms with Gasteiger partial charge in [-0.2, -0.15) is 13.2 Å². The van der Waals surface area contributed by atoms with Crippen molar-refractivity contribution in [3.8, 4) is 0 Å². The minimum Gasteiger partial charge on any atom is -0.299 e. The first kappa shape index (κ1) is 12.9. The number of carbonyl (C=O) groups is 1. The quantitative estimate of drug-likeness (QED) is 0.731. The van der Waals surface area contributed by atoms with E-state index in [1.54, 1.807) is 0 Å². The highest BCUT2D eigenvalue weighted by Crippen LogP contribution is 2.40. The predicted molar refractivity (Wildman–Crippen MR) is 58.5 cm³/mol. The molecule has 0 radical (unpaired) electrons. The molecule has 0 spiro atoms. The van der Waals surface area contributed by atoms with Gasteiger partial charge in [0.05, 0.1) is 5.92 Å². The van der Waals surface area contributed by atoms with E-state index in [1.807, 2.05) is 0 Å². The SMILES string of the molecule is O=C(CCC1CC1)C1CCC(C(F)(F)F)CC1. The number of ketones is 1. The van der Waals surface area contributed by atoms with Crippen LogP contribution in [-0.4, -0.2) is 12.0 Å². The maximum Gasteiger partial charge on any atom is 0.391 e. The van der Waals surface area contributed by atoms with E-state index in [0.717, 1.165) is 12.3 Å². The second-order valence-corrected chi connectivity index (χ2v) is 5.54. The molecule has 2 rings (SSSR count). The average Bonchev–Trinajstić information content (AvgIpc) is 3.09. The second-order valence-electron chi connectivity index (χ2n) is 5.54. The Morgan fingerprint density at radius 1 is 1.00 bits per heavy atom. The van der Waals surface area contributed by atoms with E-state index in [0.29, 0.717) is 19.3 Å². The van der Waals surface area contributed by atoms with Gasteiger partial charge >= 0.3 is 6.18 Å². The lowest BCUT2D eigenvalue weighted by molar-refractivity contribution is -0.184. The van der Waals surface area contributed by atoms with Gasteiger partial charge in [0.15, 0.2) is 0 Å². The summed E-state index contributed by atoms with van der Waals surface area (Å²) in [5, 5.41) is 0. The van der Waals surface area contributed by atoms with Crippen LogP contribution < -0.4 is 0 Å². The van der Waals surface area contributed by atoms with Gasteiger partial charge in [0, 0.05) is 12.3 Å². The number of hydrogen-bond donors (Lipinski definition) is 0. The zero-order chi connectivity index (χ0) is 12.5. The van der Waals surface area contributed by atoms with E-state index in [9.17, 15) is 18.0 Å². The summed E-state index contributed by atoms with van der Waals surface area (Å²) in [5.74, 6) is -0.328. The molecule has 0 aromatic rings. The van der Waals surface area contributed by atoms with E-state index in [-0.39, 0.29) is 24.5 Å². The van der Waals surface area contributed by atoms with Crippen molar-refractivity contribution in [3.63, 3.8) is 0 Å². The topological polar surface area (TPSA) is 17.1 Å². The summed E-state index contributed by atoms with van der Waals surface area (Å²) in [5.41, 5.74) is 0. The molecule has 17 heavy (non-hydrogen) atoms. The van der Waals surface area contributed by atoms with E-state index in [4.69, 9.17) is 0 Å². The molecule has 0 heterocycles. The van der Waals surface area contributed by atoms with Crippen LogP contribution in [0.2, 0.25) is 0 Å². The number of Topliss-reactive ketones (excluding diaryl/α,β-unsaturated/α-hetero) is 1. The van der Waals surface area contributed by atoms with Crippen molar-refractivity contribution in [1.82, 2.24) is 0 Å². The lowest BCUT2D eigenvalue weighted by Gasteiger charge is -2.29. The Hall–Kier alpha value is -0.540. The molecular weight excluding hydrogens is 229 g/mol. The van der Waals surface area contributed by atoms with Crippen LogP contribution >= 0.6 is 0 Å². The molecule has 2 saturated carbocycles. The molecular formula is C13H19F3O. The van der Waals surface area contributed by atoms with Crippen LogP contribution in [0.1, 0.15) is 51.4 Å². The molecule has 1 nitrogen and oxygen atoms in total. The first-order valence-electron chi connectivity index (χ1n) is 6.56. The molecule has 0 N–H and O–H groups in total. The van der Waals surface area contributed by atoms with Crippen molar-refractivity contribution in [2.45, 2.75) is 57.5 Å². The monoisotopic (exact) mass is 248 g/mol. The zero-order valence-electron chi connectivity index (χ0n) is 9.93. The molecule has 0 unspecified atom stereocenters. The minimum atomic E-state index is -4.07. The van der Waals surface area contributed by atoms with Gasteiger partial charge in [-0.05, 0) is 38.0 Å². The van der Waals surface area contributed by atoms with Gasteiger partial charge in [0.1, 0.15) is 5.78 Å². The van der Waals surface area contributed by atoms with Gasteiger partial charge in [-0.25, -0.2) is 0 Å². The Bertz CT molecular complexity index is 273. The molecule has 0 saturated heterocycles. The molecule has 0 aliphatic heterocycles. The predicted octanol–water partition coefficient (Wildman–Crippen LogP) is 4.11. The first-order valence-corrected chi connectivity index (χ1v) is 6.56. The van der Waals surface area contributed by atoms with Crippen LogP contribution in [-0.2, 0) is 4.79 Å². The van der Waals surface area contributed by atoms with E-state index in [2.05, 4.69) is 0 Å². The van der Waals surface area contributed by atoms with Gasteiger partial charge in [0.25, 0.3) is 0 Å². The third kappa shape index (κ3) is 3.71. The van der Waals surface area contributed by atoms with Gasteiger partial charge in [-0.3, -0.25) is 4.79 Å². The average molecular weight is 248 g/mol. The highest BCUT2D eigenvalue weighted by molar-refractivity contribution is 5.81. The third-order valence-corrected chi connectivity index (χ3v) is 4.14. The lowest BCUT2D eigenvalue weighted by atomic mass is 9.79. The zero-order valence-corrected chi connectivity index (χ0v) is 9.93. The fraction of sp³-hybridized carbons (Fsp3) is 0.923. The van der Waals surface area contributed by atoms with Gasteiger partial charge in [-0.15, -0.1) is 0 Å². The molecule has 0 aromatic carbocycles. The Labute approximate surface area is 99.8 Å². The molecule has 0 aromatic heterocycles. The van der Waals surface area contributed by atoms with Crippen LogP contribution in [0.25, 0.3) is 0 Å². The van der Waals surface area contributed by atoms with Crippen molar-refractivity contribution in [2.75, 3.05) is 0 Å². The molecule has 0 amide bonds. The van der Waals surface area contributed by atoms with Crippen molar-refractivity contribution in [3.05, 3.63) is 0 Å². The normalized spacial score (nSPS) is 30.3. The smallest absolute Gasteiger partial charge is 0.299 e. The van der Waals surface area contributed by atoms with Crippen LogP contribution in [0.15, 0.2) is 0 Å². The van der Waals surface area contributed by atoms with Gasteiger partial charge in [-0.1, -0.05) is 12.8 Å². The molecule has 4 heteroatoms. The summed E-state index contributed by atoms with van der Waals surface area (Å²) in [6.45, 7) is 0. The summed E-state index contributed by atoms with van der Waals surface area (Å²) in [6.07, 6.45) is 1.10. The molecule has 2 aliphatic carbocycles. The number of carbonyl (C=O) groups excluding carboxylic acids is 1. The van der Waals surface area contributed by atoms with Crippen LogP contribution in [0.3, 0.4) is 0 Å². The number of rotatable bonds is 4. The largest absolute Gasteiger partial charge is 0.391 e. The first-order chi connectivity index (χ1) is 7.97. The lowest BCUT2D eigenvalue weighted by Crippen LogP contribution is -2.30. The molecule has 2 aliphatic rings. The van der Waals surface area contributed by atoms with Crippen molar-refractivity contribution in [2.24, 2.45) is 17.8 Å². The molecule has 98 valence electrons. The maximum absolute atomic E-state index is 12.4. The van der Waals surface area contributed by atoms with E-state index in [1.165, 1.54) is 12.8 Å². The summed E-state index contributed by atoms with van der Waals surface area (Å²) in [4.78, 5) is 11.8. The molecule has 2 fully saturated rings. The maximum atomic E-state index is 12.4. The third-order valence-electron chi connectivity index (χ3n) is 4.14. The molecule has 0 atom stereocenters. The summed E-state index contributed by atoms with van der Waals surface area (Å²) < 4.78 is 37.3. The summed E-state index contributed by atoms with van der Waals surface area (Å²) in [6, 6.07) is 0. The fourth-order valence-corrected chi connectivity index (χ4v) is 2.70. The Morgan fingerprint density at radius 2 is 1.59 bits per heavy atom. The number of hydrogen-bond acceptors (Lipinski definition) is 1. The number of halogens is 3. The highest BCUT2D eigenvalue weighted by Gasteiger charge is 2.42. The van der Waals surface area contributed by atoms with E-state index < -0.39 is 12.1 Å². The number of alkyl halides is 3. The Kier molecular flexibility index (Phi) is 3.79. The van der Waals surface area contributed by atoms with Crippen molar-refractivity contribution in [1.29, 1.82) is 0 Å². The fourth-order valence-electron chi connectivity index (χ4n) is 2.70.